The highest BCUT2D eigenvalue weighted by Gasteiger charge is 2.15. The van der Waals surface area contributed by atoms with E-state index in [1.165, 1.54) is 7.11 Å². The van der Waals surface area contributed by atoms with E-state index in [1.807, 2.05) is 31.2 Å². The van der Waals surface area contributed by atoms with Crippen LogP contribution in [0.3, 0.4) is 0 Å². The first-order valence-electron chi connectivity index (χ1n) is 8.15. The number of aryl methyl sites for hydroxylation is 2. The summed E-state index contributed by atoms with van der Waals surface area (Å²) in [5.41, 5.74) is 13.9. The van der Waals surface area contributed by atoms with Crippen LogP contribution in [0.2, 0.25) is 0 Å². The van der Waals surface area contributed by atoms with Crippen LogP contribution in [-0.4, -0.2) is 39.3 Å². The van der Waals surface area contributed by atoms with Crippen molar-refractivity contribution >= 4 is 33.8 Å². The number of hydroxylamine groups is 2. The van der Waals surface area contributed by atoms with Gasteiger partial charge in [0.1, 0.15) is 11.3 Å². The van der Waals surface area contributed by atoms with Crippen LogP contribution < -0.4 is 11.5 Å². The van der Waals surface area contributed by atoms with E-state index < -0.39 is 6.03 Å². The number of rotatable bonds is 6. The van der Waals surface area contributed by atoms with E-state index >= 15 is 0 Å². The van der Waals surface area contributed by atoms with Crippen molar-refractivity contribution < 1.29 is 9.63 Å². The molecule has 2 aromatic heterocycles. The van der Waals surface area contributed by atoms with Crippen LogP contribution in [0, 0.1) is 6.92 Å². The fourth-order valence-electron chi connectivity index (χ4n) is 3.06. The SMILES string of the molecule is CON(CCCCn1c(C)nc2c(N)nc3ccccc3c21)C(N)=O. The zero-order valence-corrected chi connectivity index (χ0v) is 14.4. The van der Waals surface area contributed by atoms with E-state index in [2.05, 4.69) is 14.5 Å². The summed E-state index contributed by atoms with van der Waals surface area (Å²) in [7, 11) is 1.43. The molecule has 0 aliphatic heterocycles. The number of unbranched alkanes of at least 4 members (excludes halogenated alkanes) is 1. The molecule has 0 atom stereocenters. The number of carbonyl (C=O) groups excluding carboxylic acids is 1. The van der Waals surface area contributed by atoms with Crippen LogP contribution in [0.25, 0.3) is 21.9 Å². The molecular weight excluding hydrogens is 320 g/mol. The summed E-state index contributed by atoms with van der Waals surface area (Å²) in [6, 6.07) is 7.31. The maximum absolute atomic E-state index is 11.2. The molecule has 25 heavy (non-hydrogen) atoms. The number of para-hydroxylation sites is 1. The topological polar surface area (TPSA) is 112 Å². The third-order valence-electron chi connectivity index (χ3n) is 4.26. The average Bonchev–Trinajstić information content (AvgIpc) is 2.92. The van der Waals surface area contributed by atoms with E-state index in [0.717, 1.165) is 52.2 Å². The lowest BCUT2D eigenvalue weighted by Crippen LogP contribution is -2.35. The number of hydrogen-bond acceptors (Lipinski definition) is 5. The van der Waals surface area contributed by atoms with Gasteiger partial charge in [-0.15, -0.1) is 0 Å². The van der Waals surface area contributed by atoms with Gasteiger partial charge in [0.25, 0.3) is 0 Å². The molecule has 132 valence electrons. The molecule has 0 aliphatic rings. The zero-order valence-electron chi connectivity index (χ0n) is 14.4. The highest BCUT2D eigenvalue weighted by Crippen LogP contribution is 2.28. The maximum atomic E-state index is 11.2. The van der Waals surface area contributed by atoms with Crippen LogP contribution in [0.5, 0.6) is 0 Å². The Hall–Kier alpha value is -2.87. The first kappa shape index (κ1) is 17.0. The maximum Gasteiger partial charge on any atom is 0.338 e. The van der Waals surface area contributed by atoms with Gasteiger partial charge in [-0.05, 0) is 25.8 Å². The molecule has 0 aliphatic carbocycles. The molecule has 0 unspecified atom stereocenters. The van der Waals surface area contributed by atoms with Crippen molar-refractivity contribution in [1.29, 1.82) is 0 Å². The number of nitrogens with two attached hydrogens (primary N) is 2. The molecule has 0 saturated heterocycles. The van der Waals surface area contributed by atoms with Crippen LogP contribution in [0.15, 0.2) is 24.3 Å². The molecule has 2 amide bonds. The number of nitrogen functional groups attached to an aromatic ring is 1. The Balaban J connectivity index is 1.86. The first-order chi connectivity index (χ1) is 12.0. The van der Waals surface area contributed by atoms with Gasteiger partial charge in [-0.25, -0.2) is 19.8 Å². The molecule has 2 heterocycles. The number of imidazole rings is 1. The molecule has 0 radical (unpaired) electrons. The Morgan fingerprint density at radius 1 is 1.28 bits per heavy atom. The average molecular weight is 342 g/mol. The zero-order chi connectivity index (χ0) is 18.0. The Morgan fingerprint density at radius 2 is 2.04 bits per heavy atom. The van der Waals surface area contributed by atoms with Crippen molar-refractivity contribution in [1.82, 2.24) is 19.6 Å². The number of amides is 2. The van der Waals surface area contributed by atoms with Crippen LogP contribution in [-0.2, 0) is 11.4 Å². The van der Waals surface area contributed by atoms with Gasteiger partial charge in [-0.1, -0.05) is 18.2 Å². The number of fused-ring (bicyclic) bond motifs is 3. The smallest absolute Gasteiger partial charge is 0.338 e. The van der Waals surface area contributed by atoms with Crippen molar-refractivity contribution in [3.8, 4) is 0 Å². The van der Waals surface area contributed by atoms with Gasteiger partial charge >= 0.3 is 6.03 Å². The van der Waals surface area contributed by atoms with E-state index in [-0.39, 0.29) is 0 Å². The van der Waals surface area contributed by atoms with Crippen LogP contribution in [0.1, 0.15) is 18.7 Å². The number of carbonyl (C=O) groups is 1. The summed E-state index contributed by atoms with van der Waals surface area (Å²) >= 11 is 0. The van der Waals surface area contributed by atoms with Gasteiger partial charge in [-0.3, -0.25) is 4.84 Å². The molecule has 8 nitrogen and oxygen atoms in total. The minimum atomic E-state index is -0.586. The number of benzene rings is 1. The largest absolute Gasteiger partial charge is 0.382 e. The van der Waals surface area contributed by atoms with E-state index in [1.54, 1.807) is 0 Å². The predicted molar refractivity (Wildman–Crippen MR) is 96.7 cm³/mol. The lowest BCUT2D eigenvalue weighted by Gasteiger charge is -2.17. The number of urea groups is 1. The number of pyridine rings is 1. The molecule has 0 fully saturated rings. The Bertz CT molecular complexity index is 920. The lowest BCUT2D eigenvalue weighted by molar-refractivity contribution is -0.0839. The summed E-state index contributed by atoms with van der Waals surface area (Å²) in [6.07, 6.45) is 1.60. The number of hydrogen-bond donors (Lipinski definition) is 2. The van der Waals surface area contributed by atoms with Crippen LogP contribution >= 0.6 is 0 Å². The van der Waals surface area contributed by atoms with E-state index in [0.29, 0.717) is 12.4 Å². The van der Waals surface area contributed by atoms with Crippen molar-refractivity contribution in [2.24, 2.45) is 5.73 Å². The fourth-order valence-corrected chi connectivity index (χ4v) is 3.06. The second kappa shape index (κ2) is 6.94. The summed E-state index contributed by atoms with van der Waals surface area (Å²) < 4.78 is 2.15. The summed E-state index contributed by atoms with van der Waals surface area (Å²) in [6.45, 7) is 3.16. The van der Waals surface area contributed by atoms with Gasteiger partial charge in [-0.2, -0.15) is 0 Å². The monoisotopic (exact) mass is 342 g/mol. The quantitative estimate of drug-likeness (QED) is 0.527. The van der Waals surface area contributed by atoms with Gasteiger partial charge in [0, 0.05) is 11.9 Å². The number of primary amides is 1. The molecule has 4 N–H and O–H groups in total. The Morgan fingerprint density at radius 3 is 2.76 bits per heavy atom. The van der Waals surface area contributed by atoms with Gasteiger partial charge in [0.05, 0.1) is 24.7 Å². The second-order valence-electron chi connectivity index (χ2n) is 5.85. The van der Waals surface area contributed by atoms with Crippen LogP contribution in [0.4, 0.5) is 10.6 Å². The summed E-state index contributed by atoms with van der Waals surface area (Å²) in [5.74, 6) is 1.33. The molecule has 0 spiro atoms. The summed E-state index contributed by atoms with van der Waals surface area (Å²) in [5, 5.41) is 2.18. The third kappa shape index (κ3) is 3.20. The number of nitrogens with zero attached hydrogens (tertiary/aromatic N) is 4. The molecule has 3 aromatic rings. The molecule has 3 rings (SSSR count). The van der Waals surface area contributed by atoms with Crippen molar-refractivity contribution in [2.45, 2.75) is 26.3 Å². The minimum Gasteiger partial charge on any atom is -0.382 e. The van der Waals surface area contributed by atoms with Crippen molar-refractivity contribution in [3.05, 3.63) is 30.1 Å². The number of aromatic nitrogens is 3. The standard InChI is InChI=1S/C17H22N6O2/c1-11-20-14-15(12-7-3-4-8-13(12)21-16(14)18)22(11)9-5-6-10-23(25-2)17(19)24/h3-4,7-8H,5-6,9-10H2,1-2H3,(H2,18,21)(H2,19,24). The molecule has 8 heteroatoms. The number of anilines is 1. The molecular formula is C17H22N6O2. The Labute approximate surface area is 145 Å². The van der Waals surface area contributed by atoms with Crippen molar-refractivity contribution in [3.63, 3.8) is 0 Å². The Kier molecular flexibility index (Phi) is 4.71. The van der Waals surface area contributed by atoms with Crippen molar-refractivity contribution in [2.75, 3.05) is 19.4 Å². The highest BCUT2D eigenvalue weighted by molar-refractivity contribution is 6.06. The summed E-state index contributed by atoms with van der Waals surface area (Å²) in [4.78, 5) is 25.1. The first-order valence-corrected chi connectivity index (χ1v) is 8.15. The van der Waals surface area contributed by atoms with E-state index in [9.17, 15) is 4.79 Å². The van der Waals surface area contributed by atoms with Gasteiger partial charge in [0.15, 0.2) is 5.82 Å². The normalized spacial score (nSPS) is 11.3. The molecule has 0 saturated carbocycles. The minimum absolute atomic E-state index is 0.440. The van der Waals surface area contributed by atoms with E-state index in [4.69, 9.17) is 16.3 Å². The van der Waals surface area contributed by atoms with Gasteiger partial charge in [0.2, 0.25) is 0 Å². The fraction of sp³-hybridized carbons (Fsp3) is 0.353. The molecule has 1 aromatic carbocycles. The predicted octanol–water partition coefficient (Wildman–Crippen LogP) is 2.20. The lowest BCUT2D eigenvalue weighted by atomic mass is 10.2. The van der Waals surface area contributed by atoms with Gasteiger partial charge < -0.3 is 16.0 Å². The second-order valence-corrected chi connectivity index (χ2v) is 5.85. The molecule has 0 bridgehead atoms. The third-order valence-corrected chi connectivity index (χ3v) is 4.26. The highest BCUT2D eigenvalue weighted by atomic mass is 16.7.